The van der Waals surface area contributed by atoms with Crippen molar-refractivity contribution in [3.63, 3.8) is 0 Å². The number of halogens is 3. The molecule has 0 saturated carbocycles. The van der Waals surface area contributed by atoms with Crippen LogP contribution in [0, 0.1) is 0 Å². The van der Waals surface area contributed by atoms with Crippen LogP contribution in [0.3, 0.4) is 0 Å². The molecular formula is C15H10BrCl2NS. The molecule has 20 heavy (non-hydrogen) atoms. The Balaban J connectivity index is 0.00000147. The fraction of sp³-hybridized carbons (Fsp3) is 0. The molecule has 0 spiro atoms. The molecule has 0 aliphatic rings. The molecule has 5 heteroatoms. The summed E-state index contributed by atoms with van der Waals surface area (Å²) in [6.07, 6.45) is 0. The number of benzene rings is 2. The van der Waals surface area contributed by atoms with Crippen LogP contribution in [-0.2, 0) is 0 Å². The Morgan fingerprint density at radius 1 is 0.750 bits per heavy atom. The lowest BCUT2D eigenvalue weighted by molar-refractivity contribution is 1.40. The summed E-state index contributed by atoms with van der Waals surface area (Å²) in [7, 11) is 0. The van der Waals surface area contributed by atoms with E-state index in [0.29, 0.717) is 0 Å². The summed E-state index contributed by atoms with van der Waals surface area (Å²) in [5.41, 5.74) is 3.11. The number of aromatic nitrogens is 1. The van der Waals surface area contributed by atoms with E-state index in [1.807, 2.05) is 53.9 Å². The van der Waals surface area contributed by atoms with Crippen LogP contribution in [-0.4, -0.2) is 4.98 Å². The highest BCUT2D eigenvalue weighted by Crippen LogP contribution is 2.29. The zero-order valence-corrected chi connectivity index (χ0v) is 14.3. The van der Waals surface area contributed by atoms with Crippen LogP contribution in [0.15, 0.2) is 53.9 Å². The summed E-state index contributed by atoms with van der Waals surface area (Å²) in [6, 6.07) is 15.4. The van der Waals surface area contributed by atoms with Crippen molar-refractivity contribution in [1.82, 2.24) is 4.98 Å². The zero-order chi connectivity index (χ0) is 13.2. The smallest absolute Gasteiger partial charge is 0.124 e. The van der Waals surface area contributed by atoms with Gasteiger partial charge in [-0.1, -0.05) is 47.5 Å². The van der Waals surface area contributed by atoms with Crippen molar-refractivity contribution in [3.05, 3.63) is 64.0 Å². The van der Waals surface area contributed by atoms with E-state index in [1.165, 1.54) is 0 Å². The fourth-order valence-corrected chi connectivity index (χ4v) is 2.84. The molecule has 2 aromatic carbocycles. The molecule has 0 bridgehead atoms. The van der Waals surface area contributed by atoms with Crippen LogP contribution in [0.2, 0.25) is 10.0 Å². The highest BCUT2D eigenvalue weighted by Gasteiger charge is 2.06. The summed E-state index contributed by atoms with van der Waals surface area (Å²) in [4.78, 5) is 4.64. The van der Waals surface area contributed by atoms with Gasteiger partial charge in [0.1, 0.15) is 5.01 Å². The van der Waals surface area contributed by atoms with Gasteiger partial charge in [-0.15, -0.1) is 28.3 Å². The van der Waals surface area contributed by atoms with E-state index in [-0.39, 0.29) is 17.0 Å². The normalized spacial score (nSPS) is 10.1. The van der Waals surface area contributed by atoms with Gasteiger partial charge in [0.05, 0.1) is 5.69 Å². The highest BCUT2D eigenvalue weighted by atomic mass is 79.9. The van der Waals surface area contributed by atoms with Gasteiger partial charge >= 0.3 is 0 Å². The van der Waals surface area contributed by atoms with Crippen LogP contribution in [0.5, 0.6) is 0 Å². The maximum absolute atomic E-state index is 5.89. The highest BCUT2D eigenvalue weighted by molar-refractivity contribution is 8.93. The molecule has 3 rings (SSSR count). The Bertz CT molecular complexity index is 633. The average Bonchev–Trinajstić information content (AvgIpc) is 2.90. The van der Waals surface area contributed by atoms with Crippen molar-refractivity contribution < 1.29 is 0 Å². The number of hydrogen-bond donors (Lipinski definition) is 0. The quantitative estimate of drug-likeness (QED) is 0.499. The van der Waals surface area contributed by atoms with Crippen molar-refractivity contribution in [2.24, 2.45) is 0 Å². The summed E-state index contributed by atoms with van der Waals surface area (Å²) in [5.74, 6) is 0. The van der Waals surface area contributed by atoms with E-state index < -0.39 is 0 Å². The van der Waals surface area contributed by atoms with Crippen LogP contribution in [0.4, 0.5) is 0 Å². The van der Waals surface area contributed by atoms with Crippen molar-refractivity contribution in [3.8, 4) is 21.8 Å². The topological polar surface area (TPSA) is 12.9 Å². The fourth-order valence-electron chi connectivity index (χ4n) is 1.75. The maximum Gasteiger partial charge on any atom is 0.124 e. The van der Waals surface area contributed by atoms with Crippen molar-refractivity contribution >= 4 is 51.5 Å². The van der Waals surface area contributed by atoms with E-state index in [4.69, 9.17) is 23.2 Å². The third kappa shape index (κ3) is 3.41. The van der Waals surface area contributed by atoms with Crippen LogP contribution >= 0.6 is 51.5 Å². The van der Waals surface area contributed by atoms with Crippen LogP contribution in [0.1, 0.15) is 0 Å². The second-order valence-corrected chi connectivity index (χ2v) is 5.78. The molecule has 0 radical (unpaired) electrons. The Kier molecular flexibility index (Phi) is 5.22. The third-order valence-corrected chi connectivity index (χ3v) is 4.13. The molecule has 0 N–H and O–H groups in total. The van der Waals surface area contributed by atoms with E-state index in [0.717, 1.165) is 31.9 Å². The zero-order valence-electron chi connectivity index (χ0n) is 10.2. The first-order valence-electron chi connectivity index (χ1n) is 5.70. The first-order valence-corrected chi connectivity index (χ1v) is 7.33. The molecular weight excluding hydrogens is 377 g/mol. The van der Waals surface area contributed by atoms with E-state index >= 15 is 0 Å². The lowest BCUT2D eigenvalue weighted by Crippen LogP contribution is -1.79. The molecule has 1 aromatic heterocycles. The van der Waals surface area contributed by atoms with E-state index in [1.54, 1.807) is 11.3 Å². The summed E-state index contributed by atoms with van der Waals surface area (Å²) in [5, 5.41) is 4.50. The molecule has 0 unspecified atom stereocenters. The second-order valence-electron chi connectivity index (χ2n) is 4.05. The predicted molar refractivity (Wildman–Crippen MR) is 93.3 cm³/mol. The van der Waals surface area contributed by atoms with Gasteiger partial charge in [-0.3, -0.25) is 0 Å². The number of hydrogen-bond acceptors (Lipinski definition) is 2. The predicted octanol–water partition coefficient (Wildman–Crippen LogP) is 6.36. The van der Waals surface area contributed by atoms with Crippen LogP contribution < -0.4 is 0 Å². The number of nitrogens with zero attached hydrogens (tertiary/aromatic N) is 1. The minimum Gasteiger partial charge on any atom is -0.236 e. The minimum absolute atomic E-state index is 0. The molecule has 1 nitrogen and oxygen atoms in total. The van der Waals surface area contributed by atoms with Crippen molar-refractivity contribution in [2.75, 3.05) is 0 Å². The number of thiazole rings is 1. The molecule has 0 aliphatic heterocycles. The summed E-state index contributed by atoms with van der Waals surface area (Å²) < 4.78 is 0. The lowest BCUT2D eigenvalue weighted by atomic mass is 10.2. The molecule has 3 aromatic rings. The number of rotatable bonds is 2. The molecule has 0 atom stereocenters. The van der Waals surface area contributed by atoms with Gasteiger partial charge in [0, 0.05) is 26.6 Å². The largest absolute Gasteiger partial charge is 0.236 e. The second kappa shape index (κ2) is 6.72. The first-order chi connectivity index (χ1) is 9.22. The van der Waals surface area contributed by atoms with Gasteiger partial charge in [-0.2, -0.15) is 0 Å². The van der Waals surface area contributed by atoms with Gasteiger partial charge in [-0.25, -0.2) is 4.98 Å². The SMILES string of the molecule is Br.Clc1ccc(-c2csc(-c3ccc(Cl)cc3)n2)cc1. The lowest BCUT2D eigenvalue weighted by Gasteiger charge is -1.97. The van der Waals surface area contributed by atoms with Crippen molar-refractivity contribution in [1.29, 1.82) is 0 Å². The Morgan fingerprint density at radius 2 is 1.25 bits per heavy atom. The molecule has 1 heterocycles. The molecule has 0 saturated heterocycles. The monoisotopic (exact) mass is 385 g/mol. The summed E-state index contributed by atoms with van der Waals surface area (Å²) in [6.45, 7) is 0. The van der Waals surface area contributed by atoms with Gasteiger partial charge in [0.2, 0.25) is 0 Å². The standard InChI is InChI=1S/C15H9Cl2NS.BrH/c16-12-5-1-10(2-6-12)14-9-19-15(18-14)11-3-7-13(17)8-4-11;/h1-9H;1H. The van der Waals surface area contributed by atoms with Gasteiger partial charge in [0.25, 0.3) is 0 Å². The Labute approximate surface area is 142 Å². The minimum atomic E-state index is 0. The first kappa shape index (κ1) is 15.5. The molecule has 0 amide bonds. The summed E-state index contributed by atoms with van der Waals surface area (Å²) >= 11 is 13.4. The van der Waals surface area contributed by atoms with Gasteiger partial charge in [0.15, 0.2) is 0 Å². The third-order valence-electron chi connectivity index (χ3n) is 2.74. The van der Waals surface area contributed by atoms with Crippen LogP contribution in [0.25, 0.3) is 21.8 Å². The molecule has 0 aliphatic carbocycles. The van der Waals surface area contributed by atoms with Gasteiger partial charge < -0.3 is 0 Å². The Morgan fingerprint density at radius 3 is 1.80 bits per heavy atom. The molecule has 0 fully saturated rings. The van der Waals surface area contributed by atoms with Gasteiger partial charge in [-0.05, 0) is 24.3 Å². The average molecular weight is 387 g/mol. The van der Waals surface area contributed by atoms with E-state index in [2.05, 4.69) is 4.98 Å². The van der Waals surface area contributed by atoms with E-state index in [9.17, 15) is 0 Å². The maximum atomic E-state index is 5.89. The molecule has 102 valence electrons. The van der Waals surface area contributed by atoms with Crippen molar-refractivity contribution in [2.45, 2.75) is 0 Å². The Hall–Kier alpha value is -0.870.